The molecule has 1 saturated heterocycles. The van der Waals surface area contributed by atoms with E-state index in [4.69, 9.17) is 4.74 Å². The molecule has 28 heavy (non-hydrogen) atoms. The van der Waals surface area contributed by atoms with Crippen molar-refractivity contribution in [2.75, 3.05) is 26.8 Å². The molecular weight excluding hydrogens is 483 g/mol. The van der Waals surface area contributed by atoms with E-state index >= 15 is 0 Å². The van der Waals surface area contributed by atoms with Crippen molar-refractivity contribution in [3.63, 3.8) is 0 Å². The van der Waals surface area contributed by atoms with Crippen molar-refractivity contribution in [1.29, 1.82) is 0 Å². The summed E-state index contributed by atoms with van der Waals surface area (Å²) >= 11 is 1.70. The number of rotatable bonds is 6. The van der Waals surface area contributed by atoms with Crippen molar-refractivity contribution >= 4 is 41.3 Å². The van der Waals surface area contributed by atoms with Crippen LogP contribution in [0.15, 0.2) is 40.7 Å². The SMILES string of the molecule is CN=C(NCc1nc(C(C)C)cs1)NCC1(c2ccccc2)CCOCC1.I. The standard InChI is InChI=1S/C21H30N4OS.HI/c1-16(2)18-14-27-19(25-18)13-23-20(22-3)24-15-21(9-11-26-12-10-21)17-7-5-4-6-8-17;/h4-8,14,16H,9-13,15H2,1-3H3,(H2,22,23,24);1H. The Kier molecular flexibility index (Phi) is 9.17. The van der Waals surface area contributed by atoms with Crippen molar-refractivity contribution in [2.45, 2.75) is 44.6 Å². The van der Waals surface area contributed by atoms with Gasteiger partial charge < -0.3 is 15.4 Å². The van der Waals surface area contributed by atoms with E-state index in [-0.39, 0.29) is 29.4 Å². The molecule has 154 valence electrons. The van der Waals surface area contributed by atoms with Gasteiger partial charge in [0, 0.05) is 37.6 Å². The second-order valence-electron chi connectivity index (χ2n) is 7.36. The smallest absolute Gasteiger partial charge is 0.191 e. The van der Waals surface area contributed by atoms with Crippen LogP contribution in [0.4, 0.5) is 0 Å². The fourth-order valence-electron chi connectivity index (χ4n) is 3.43. The third-order valence-corrected chi connectivity index (χ3v) is 6.09. The lowest BCUT2D eigenvalue weighted by molar-refractivity contribution is 0.0514. The van der Waals surface area contributed by atoms with Crippen molar-refractivity contribution in [1.82, 2.24) is 15.6 Å². The summed E-state index contributed by atoms with van der Waals surface area (Å²) in [5.41, 5.74) is 2.62. The highest BCUT2D eigenvalue weighted by atomic mass is 127. The lowest BCUT2D eigenvalue weighted by Gasteiger charge is -2.38. The first kappa shape index (κ1) is 23.1. The number of thiazole rings is 1. The zero-order valence-corrected chi connectivity index (χ0v) is 20.1. The molecule has 7 heteroatoms. The highest BCUT2D eigenvalue weighted by Crippen LogP contribution is 2.34. The predicted molar refractivity (Wildman–Crippen MR) is 128 cm³/mol. The molecule has 0 radical (unpaired) electrons. The Balaban J connectivity index is 0.00000280. The highest BCUT2D eigenvalue weighted by molar-refractivity contribution is 14.0. The summed E-state index contributed by atoms with van der Waals surface area (Å²) in [4.78, 5) is 9.08. The molecule has 3 rings (SSSR count). The third kappa shape index (κ3) is 5.90. The van der Waals surface area contributed by atoms with Crippen LogP contribution < -0.4 is 10.6 Å². The quantitative estimate of drug-likeness (QED) is 0.343. The van der Waals surface area contributed by atoms with Gasteiger partial charge in [-0.2, -0.15) is 0 Å². The average molecular weight is 514 g/mol. The molecule has 2 aromatic rings. The van der Waals surface area contributed by atoms with Crippen LogP contribution in [-0.2, 0) is 16.7 Å². The molecular formula is C21H31IN4OS. The molecule has 2 heterocycles. The lowest BCUT2D eigenvalue weighted by Crippen LogP contribution is -2.47. The Morgan fingerprint density at radius 2 is 1.93 bits per heavy atom. The zero-order chi connectivity index (χ0) is 19.1. The largest absolute Gasteiger partial charge is 0.381 e. The molecule has 0 unspecified atom stereocenters. The van der Waals surface area contributed by atoms with E-state index in [0.717, 1.165) is 49.3 Å². The van der Waals surface area contributed by atoms with Crippen LogP contribution in [0.1, 0.15) is 48.9 Å². The van der Waals surface area contributed by atoms with E-state index in [1.165, 1.54) is 5.56 Å². The number of benzene rings is 1. The first-order chi connectivity index (χ1) is 13.1. The molecule has 0 bridgehead atoms. The molecule has 1 aromatic heterocycles. The predicted octanol–water partition coefficient (Wildman–Crippen LogP) is 4.30. The van der Waals surface area contributed by atoms with Crippen LogP contribution in [0.25, 0.3) is 0 Å². The number of ether oxygens (including phenoxy) is 1. The Labute approximate surface area is 189 Å². The second kappa shape index (κ2) is 11.1. The van der Waals surface area contributed by atoms with E-state index in [2.05, 4.69) is 70.2 Å². The molecule has 0 atom stereocenters. The Morgan fingerprint density at radius 1 is 1.21 bits per heavy atom. The zero-order valence-electron chi connectivity index (χ0n) is 16.9. The fourth-order valence-corrected chi connectivity index (χ4v) is 4.32. The molecule has 1 aromatic carbocycles. The van der Waals surface area contributed by atoms with E-state index in [0.29, 0.717) is 12.5 Å². The number of guanidine groups is 1. The maximum Gasteiger partial charge on any atom is 0.191 e. The Hall–Kier alpha value is -1.19. The van der Waals surface area contributed by atoms with E-state index in [1.54, 1.807) is 11.3 Å². The van der Waals surface area contributed by atoms with Gasteiger partial charge in [-0.15, -0.1) is 35.3 Å². The van der Waals surface area contributed by atoms with Crippen LogP contribution in [0.2, 0.25) is 0 Å². The minimum absolute atomic E-state index is 0. The van der Waals surface area contributed by atoms with Crippen molar-refractivity contribution in [3.05, 3.63) is 52.0 Å². The number of aliphatic imine (C=N–C) groups is 1. The van der Waals surface area contributed by atoms with Crippen LogP contribution in [-0.4, -0.2) is 37.7 Å². The molecule has 0 spiro atoms. The van der Waals surface area contributed by atoms with Gasteiger partial charge in [-0.1, -0.05) is 44.2 Å². The number of aromatic nitrogens is 1. The lowest BCUT2D eigenvalue weighted by atomic mass is 9.74. The van der Waals surface area contributed by atoms with E-state index in [9.17, 15) is 0 Å². The van der Waals surface area contributed by atoms with Gasteiger partial charge in [-0.05, 0) is 24.3 Å². The van der Waals surface area contributed by atoms with E-state index < -0.39 is 0 Å². The van der Waals surface area contributed by atoms with Gasteiger partial charge in [0.1, 0.15) is 5.01 Å². The summed E-state index contributed by atoms with van der Waals surface area (Å²) in [7, 11) is 1.82. The number of halogens is 1. The minimum atomic E-state index is 0. The molecule has 0 saturated carbocycles. The fraction of sp³-hybridized carbons (Fsp3) is 0.524. The second-order valence-corrected chi connectivity index (χ2v) is 8.30. The summed E-state index contributed by atoms with van der Waals surface area (Å²) < 4.78 is 5.63. The third-order valence-electron chi connectivity index (χ3n) is 5.22. The van der Waals surface area contributed by atoms with Crippen LogP contribution >= 0.6 is 35.3 Å². The van der Waals surface area contributed by atoms with Crippen LogP contribution in [0, 0.1) is 0 Å². The van der Waals surface area contributed by atoms with Crippen molar-refractivity contribution in [3.8, 4) is 0 Å². The molecule has 0 amide bonds. The van der Waals surface area contributed by atoms with Crippen molar-refractivity contribution < 1.29 is 4.74 Å². The normalized spacial score (nSPS) is 16.5. The summed E-state index contributed by atoms with van der Waals surface area (Å²) in [6, 6.07) is 10.8. The maximum atomic E-state index is 5.63. The summed E-state index contributed by atoms with van der Waals surface area (Å²) in [5.74, 6) is 1.28. The monoisotopic (exact) mass is 514 g/mol. The summed E-state index contributed by atoms with van der Waals surface area (Å²) in [6.07, 6.45) is 2.04. The van der Waals surface area contributed by atoms with Gasteiger partial charge in [-0.25, -0.2) is 4.98 Å². The van der Waals surface area contributed by atoms with Gasteiger partial charge in [0.05, 0.1) is 12.2 Å². The highest BCUT2D eigenvalue weighted by Gasteiger charge is 2.34. The minimum Gasteiger partial charge on any atom is -0.381 e. The molecule has 5 nitrogen and oxygen atoms in total. The van der Waals surface area contributed by atoms with Gasteiger partial charge in [0.15, 0.2) is 5.96 Å². The summed E-state index contributed by atoms with van der Waals surface area (Å²) in [5, 5.41) is 10.2. The number of hydrogen-bond acceptors (Lipinski definition) is 4. The molecule has 1 aliphatic rings. The van der Waals surface area contributed by atoms with Gasteiger partial charge in [-0.3, -0.25) is 4.99 Å². The number of nitrogens with one attached hydrogen (secondary N) is 2. The van der Waals surface area contributed by atoms with Crippen LogP contribution in [0.3, 0.4) is 0 Å². The molecule has 1 fully saturated rings. The first-order valence-electron chi connectivity index (χ1n) is 9.65. The maximum absolute atomic E-state index is 5.63. The van der Waals surface area contributed by atoms with Gasteiger partial charge >= 0.3 is 0 Å². The van der Waals surface area contributed by atoms with Crippen molar-refractivity contribution in [2.24, 2.45) is 4.99 Å². The average Bonchev–Trinajstić information content (AvgIpc) is 3.19. The Bertz CT molecular complexity index is 742. The summed E-state index contributed by atoms with van der Waals surface area (Å²) in [6.45, 7) is 7.49. The number of nitrogens with zero attached hydrogens (tertiary/aromatic N) is 2. The van der Waals surface area contributed by atoms with Crippen LogP contribution in [0.5, 0.6) is 0 Å². The van der Waals surface area contributed by atoms with Gasteiger partial charge in [0.25, 0.3) is 0 Å². The number of hydrogen-bond donors (Lipinski definition) is 2. The molecule has 2 N–H and O–H groups in total. The van der Waals surface area contributed by atoms with Gasteiger partial charge in [0.2, 0.25) is 0 Å². The van der Waals surface area contributed by atoms with E-state index in [1.807, 2.05) is 7.05 Å². The molecule has 1 aliphatic heterocycles. The topological polar surface area (TPSA) is 58.5 Å². The first-order valence-corrected chi connectivity index (χ1v) is 10.5. The molecule has 0 aliphatic carbocycles. The Morgan fingerprint density at radius 3 is 2.54 bits per heavy atom.